The van der Waals surface area contributed by atoms with Gasteiger partial charge in [-0.2, -0.15) is 0 Å². The molecule has 0 aromatic heterocycles. The van der Waals surface area contributed by atoms with E-state index in [4.69, 9.17) is 15.3 Å². The van der Waals surface area contributed by atoms with Crippen molar-refractivity contribution in [2.75, 3.05) is 0 Å². The predicted octanol–water partition coefficient (Wildman–Crippen LogP) is 0.713. The number of carbonyl (C=O) groups is 2. The number of aliphatic hydroxyl groups is 1. The summed E-state index contributed by atoms with van der Waals surface area (Å²) in [4.78, 5) is 19.4. The van der Waals surface area contributed by atoms with E-state index in [1.165, 1.54) is 6.92 Å². The second-order valence-corrected chi connectivity index (χ2v) is 2.68. The van der Waals surface area contributed by atoms with Crippen LogP contribution >= 0.6 is 0 Å². The molecule has 5 heteroatoms. The third-order valence-corrected chi connectivity index (χ3v) is 1.45. The molecule has 5 nitrogen and oxygen atoms in total. The molecule has 0 saturated carbocycles. The van der Waals surface area contributed by atoms with Crippen LogP contribution in [0.1, 0.15) is 33.6 Å². The van der Waals surface area contributed by atoms with Gasteiger partial charge in [0.1, 0.15) is 0 Å². The van der Waals surface area contributed by atoms with Gasteiger partial charge >= 0.3 is 11.9 Å². The first-order chi connectivity index (χ1) is 5.77. The van der Waals surface area contributed by atoms with Crippen LogP contribution in [0.4, 0.5) is 0 Å². The second-order valence-electron chi connectivity index (χ2n) is 2.68. The third kappa shape index (κ3) is 8.81. The Morgan fingerprint density at radius 1 is 1.23 bits per heavy atom. The fourth-order valence-corrected chi connectivity index (χ4v) is 0.151. The van der Waals surface area contributed by atoms with E-state index in [0.717, 1.165) is 0 Å². The van der Waals surface area contributed by atoms with Gasteiger partial charge < -0.3 is 15.3 Å². The lowest BCUT2D eigenvalue weighted by Crippen LogP contribution is -2.33. The number of rotatable bonds is 3. The van der Waals surface area contributed by atoms with Crippen molar-refractivity contribution in [2.24, 2.45) is 0 Å². The van der Waals surface area contributed by atoms with Gasteiger partial charge in [-0.25, -0.2) is 4.79 Å². The van der Waals surface area contributed by atoms with E-state index in [1.54, 1.807) is 13.8 Å². The summed E-state index contributed by atoms with van der Waals surface area (Å²) >= 11 is 0. The average Bonchev–Trinajstić information content (AvgIpc) is 2.05. The number of carboxylic acids is 2. The second kappa shape index (κ2) is 6.42. The zero-order valence-electron chi connectivity index (χ0n) is 8.07. The van der Waals surface area contributed by atoms with E-state index < -0.39 is 17.5 Å². The Balaban J connectivity index is 0. The molecule has 0 aliphatic carbocycles. The van der Waals surface area contributed by atoms with Gasteiger partial charge in [0.2, 0.25) is 0 Å². The fraction of sp³-hybridized carbons (Fsp3) is 0.750. The topological polar surface area (TPSA) is 94.8 Å². The van der Waals surface area contributed by atoms with Gasteiger partial charge in [0, 0.05) is 6.42 Å². The number of carboxylic acid groups (broad SMARTS) is 2. The summed E-state index contributed by atoms with van der Waals surface area (Å²) < 4.78 is 0. The minimum Gasteiger partial charge on any atom is -0.481 e. The van der Waals surface area contributed by atoms with Crippen molar-refractivity contribution in [3.8, 4) is 0 Å². The molecule has 0 aliphatic rings. The van der Waals surface area contributed by atoms with E-state index in [1.807, 2.05) is 0 Å². The number of aliphatic carboxylic acids is 2. The SMILES string of the molecule is CCC(=O)O.CCC(C)(O)C(=O)O. The van der Waals surface area contributed by atoms with Crippen molar-refractivity contribution < 1.29 is 24.9 Å². The summed E-state index contributed by atoms with van der Waals surface area (Å²) in [6.45, 7) is 4.49. The molecule has 0 fully saturated rings. The molecule has 78 valence electrons. The van der Waals surface area contributed by atoms with Crippen LogP contribution in [0.3, 0.4) is 0 Å². The molecule has 0 spiro atoms. The molecule has 3 N–H and O–H groups in total. The van der Waals surface area contributed by atoms with Crippen molar-refractivity contribution in [1.29, 1.82) is 0 Å². The maximum Gasteiger partial charge on any atom is 0.335 e. The lowest BCUT2D eigenvalue weighted by atomic mass is 10.1. The zero-order chi connectivity index (χ0) is 11.1. The van der Waals surface area contributed by atoms with E-state index in [9.17, 15) is 9.59 Å². The molecule has 0 amide bonds. The molecule has 0 radical (unpaired) electrons. The first-order valence-corrected chi connectivity index (χ1v) is 3.95. The normalized spacial score (nSPS) is 13.5. The quantitative estimate of drug-likeness (QED) is 0.612. The maximum absolute atomic E-state index is 10.0. The standard InChI is InChI=1S/C5H10O3.C3H6O2/c1-3-5(2,8)4(6)7;1-2-3(4)5/h8H,3H2,1-2H3,(H,6,7);2H2,1H3,(H,4,5). The highest BCUT2D eigenvalue weighted by molar-refractivity contribution is 5.76. The molecule has 13 heavy (non-hydrogen) atoms. The number of hydrogen-bond acceptors (Lipinski definition) is 3. The third-order valence-electron chi connectivity index (χ3n) is 1.45. The zero-order valence-corrected chi connectivity index (χ0v) is 8.07. The Bertz CT molecular complexity index is 173. The van der Waals surface area contributed by atoms with Crippen molar-refractivity contribution in [3.05, 3.63) is 0 Å². The molecule has 0 aliphatic heterocycles. The van der Waals surface area contributed by atoms with Gasteiger partial charge in [-0.05, 0) is 13.3 Å². The van der Waals surface area contributed by atoms with Crippen LogP contribution in [-0.2, 0) is 9.59 Å². The highest BCUT2D eigenvalue weighted by Crippen LogP contribution is 2.06. The van der Waals surface area contributed by atoms with Crippen LogP contribution in [0, 0.1) is 0 Å². The first-order valence-electron chi connectivity index (χ1n) is 3.95. The van der Waals surface area contributed by atoms with Crippen molar-refractivity contribution in [2.45, 2.75) is 39.2 Å². The van der Waals surface area contributed by atoms with Crippen molar-refractivity contribution in [3.63, 3.8) is 0 Å². The molecule has 1 atom stereocenters. The lowest BCUT2D eigenvalue weighted by molar-refractivity contribution is -0.156. The first kappa shape index (κ1) is 14.4. The highest BCUT2D eigenvalue weighted by Gasteiger charge is 2.26. The van der Waals surface area contributed by atoms with Gasteiger partial charge in [-0.15, -0.1) is 0 Å². The summed E-state index contributed by atoms with van der Waals surface area (Å²) in [7, 11) is 0. The smallest absolute Gasteiger partial charge is 0.335 e. The molecular formula is C8H16O5. The Morgan fingerprint density at radius 3 is 1.54 bits per heavy atom. The minimum atomic E-state index is -1.54. The molecular weight excluding hydrogens is 176 g/mol. The molecule has 0 rings (SSSR count). The van der Waals surface area contributed by atoms with Crippen LogP contribution in [0.2, 0.25) is 0 Å². The van der Waals surface area contributed by atoms with Gasteiger partial charge in [0.15, 0.2) is 5.60 Å². The molecule has 0 aromatic carbocycles. The summed E-state index contributed by atoms with van der Waals surface area (Å²) in [5, 5.41) is 24.7. The lowest BCUT2D eigenvalue weighted by Gasteiger charge is -2.13. The van der Waals surface area contributed by atoms with Crippen LogP contribution < -0.4 is 0 Å². The molecule has 0 saturated heterocycles. The summed E-state index contributed by atoms with van der Waals surface area (Å²) in [6.07, 6.45) is 0.461. The number of hydrogen-bond donors (Lipinski definition) is 3. The van der Waals surface area contributed by atoms with Crippen LogP contribution in [0.25, 0.3) is 0 Å². The largest absolute Gasteiger partial charge is 0.481 e. The molecule has 1 unspecified atom stereocenters. The monoisotopic (exact) mass is 192 g/mol. The molecule has 0 aromatic rings. The van der Waals surface area contributed by atoms with Gasteiger partial charge in [-0.1, -0.05) is 13.8 Å². The minimum absolute atomic E-state index is 0.222. The molecule has 0 heterocycles. The van der Waals surface area contributed by atoms with E-state index in [-0.39, 0.29) is 12.8 Å². The van der Waals surface area contributed by atoms with Crippen LogP contribution in [-0.4, -0.2) is 32.9 Å². The average molecular weight is 192 g/mol. The summed E-state index contributed by atoms with van der Waals surface area (Å²) in [5.74, 6) is -1.91. The Hall–Kier alpha value is -1.10. The van der Waals surface area contributed by atoms with Crippen LogP contribution in [0.15, 0.2) is 0 Å². The fourth-order valence-electron chi connectivity index (χ4n) is 0.151. The maximum atomic E-state index is 10.0. The van der Waals surface area contributed by atoms with Gasteiger partial charge in [0.05, 0.1) is 0 Å². The Labute approximate surface area is 77.0 Å². The summed E-state index contributed by atoms with van der Waals surface area (Å²) in [5.41, 5.74) is -1.54. The van der Waals surface area contributed by atoms with Gasteiger partial charge in [-0.3, -0.25) is 4.79 Å². The van der Waals surface area contributed by atoms with E-state index in [2.05, 4.69) is 0 Å². The van der Waals surface area contributed by atoms with E-state index in [0.29, 0.717) is 0 Å². The Kier molecular flexibility index (Phi) is 7.12. The van der Waals surface area contributed by atoms with E-state index >= 15 is 0 Å². The van der Waals surface area contributed by atoms with Gasteiger partial charge in [0.25, 0.3) is 0 Å². The highest BCUT2D eigenvalue weighted by atomic mass is 16.4. The predicted molar refractivity (Wildman–Crippen MR) is 46.5 cm³/mol. The Morgan fingerprint density at radius 2 is 1.54 bits per heavy atom. The van der Waals surface area contributed by atoms with Crippen molar-refractivity contribution in [1.82, 2.24) is 0 Å². The van der Waals surface area contributed by atoms with Crippen LogP contribution in [0.5, 0.6) is 0 Å². The van der Waals surface area contributed by atoms with Crippen molar-refractivity contribution >= 4 is 11.9 Å². The summed E-state index contributed by atoms with van der Waals surface area (Å²) in [6, 6.07) is 0. The molecule has 0 bridgehead atoms.